The summed E-state index contributed by atoms with van der Waals surface area (Å²) in [7, 11) is 1.87. The lowest BCUT2D eigenvalue weighted by Crippen LogP contribution is -2.03. The van der Waals surface area contributed by atoms with Gasteiger partial charge in [-0.1, -0.05) is 0 Å². The molecule has 1 aromatic rings. The minimum absolute atomic E-state index is 0.618. The molecule has 1 aromatic heterocycles. The summed E-state index contributed by atoms with van der Waals surface area (Å²) in [6, 6.07) is 0.618. The van der Waals surface area contributed by atoms with Crippen LogP contribution in [0.2, 0.25) is 0 Å². The van der Waals surface area contributed by atoms with Crippen LogP contribution in [0.25, 0.3) is 0 Å². The Morgan fingerprint density at radius 2 is 2.45 bits per heavy atom. The summed E-state index contributed by atoms with van der Waals surface area (Å²) in [4.78, 5) is 0. The lowest BCUT2D eigenvalue weighted by Gasteiger charge is -1.98. The van der Waals surface area contributed by atoms with Crippen molar-refractivity contribution >= 4 is 11.5 Å². The van der Waals surface area contributed by atoms with Crippen LogP contribution >= 0.6 is 0 Å². The molecular weight excluding hydrogens is 140 g/mol. The summed E-state index contributed by atoms with van der Waals surface area (Å²) in [6.45, 7) is 0. The number of hydrogen-bond acceptors (Lipinski definition) is 3. The van der Waals surface area contributed by atoms with E-state index in [1.807, 2.05) is 13.2 Å². The second-order valence-electron chi connectivity index (χ2n) is 3.03. The average Bonchev–Trinajstić information content (AvgIpc) is 2.64. The maximum absolute atomic E-state index is 5.67. The minimum Gasteiger partial charge on any atom is -0.394 e. The molecular formula is C7H12N4. The zero-order valence-corrected chi connectivity index (χ0v) is 6.54. The first-order valence-electron chi connectivity index (χ1n) is 3.81. The van der Waals surface area contributed by atoms with Crippen molar-refractivity contribution in [3.05, 3.63) is 6.20 Å². The predicted octanol–water partition coefficient (Wildman–Crippen LogP) is 0.577. The number of nitrogens with zero attached hydrogens (tertiary/aromatic N) is 2. The number of nitrogens with two attached hydrogens (primary N) is 1. The molecule has 2 rings (SSSR count). The highest BCUT2D eigenvalue weighted by molar-refractivity contribution is 5.60. The normalized spacial score (nSPS) is 16.8. The molecule has 1 fully saturated rings. The number of rotatable bonds is 2. The molecule has 1 aliphatic carbocycles. The lowest BCUT2D eigenvalue weighted by atomic mass is 10.5. The zero-order valence-electron chi connectivity index (χ0n) is 6.54. The molecule has 60 valence electrons. The largest absolute Gasteiger partial charge is 0.394 e. The van der Waals surface area contributed by atoms with Gasteiger partial charge in [0.15, 0.2) is 5.82 Å². The van der Waals surface area contributed by atoms with Crippen LogP contribution in [0, 0.1) is 0 Å². The fourth-order valence-electron chi connectivity index (χ4n) is 1.04. The molecule has 1 aliphatic rings. The summed E-state index contributed by atoms with van der Waals surface area (Å²) in [5, 5.41) is 7.42. The van der Waals surface area contributed by atoms with E-state index in [1.165, 1.54) is 12.8 Å². The van der Waals surface area contributed by atoms with E-state index in [9.17, 15) is 0 Å². The van der Waals surface area contributed by atoms with Gasteiger partial charge in [-0.25, -0.2) is 0 Å². The zero-order chi connectivity index (χ0) is 7.84. The Kier molecular flexibility index (Phi) is 1.27. The maximum Gasteiger partial charge on any atom is 0.171 e. The fraction of sp³-hybridized carbons (Fsp3) is 0.571. The van der Waals surface area contributed by atoms with Gasteiger partial charge in [0.25, 0.3) is 0 Å². The van der Waals surface area contributed by atoms with Crippen molar-refractivity contribution in [2.75, 3.05) is 11.1 Å². The van der Waals surface area contributed by atoms with Crippen molar-refractivity contribution < 1.29 is 0 Å². The first kappa shape index (κ1) is 6.52. The Morgan fingerprint density at radius 1 is 1.73 bits per heavy atom. The van der Waals surface area contributed by atoms with Crippen LogP contribution in [0.1, 0.15) is 12.8 Å². The van der Waals surface area contributed by atoms with Crippen molar-refractivity contribution in [1.82, 2.24) is 9.78 Å². The third-order valence-corrected chi connectivity index (χ3v) is 1.78. The van der Waals surface area contributed by atoms with Crippen LogP contribution in [0.4, 0.5) is 11.5 Å². The first-order chi connectivity index (χ1) is 5.25. The number of aromatic nitrogens is 2. The number of hydrogen-bond donors (Lipinski definition) is 2. The van der Waals surface area contributed by atoms with E-state index in [0.29, 0.717) is 6.04 Å². The topological polar surface area (TPSA) is 55.9 Å². The van der Waals surface area contributed by atoms with Gasteiger partial charge < -0.3 is 11.1 Å². The Morgan fingerprint density at radius 3 is 2.91 bits per heavy atom. The molecule has 1 heterocycles. The second-order valence-corrected chi connectivity index (χ2v) is 3.03. The highest BCUT2D eigenvalue weighted by Crippen LogP contribution is 2.26. The SMILES string of the molecule is Cn1cc(N)c(NC2CC2)n1. The molecule has 4 nitrogen and oxygen atoms in total. The smallest absolute Gasteiger partial charge is 0.171 e. The molecule has 0 aromatic carbocycles. The van der Waals surface area contributed by atoms with E-state index < -0.39 is 0 Å². The molecule has 1 saturated carbocycles. The van der Waals surface area contributed by atoms with Crippen molar-refractivity contribution in [2.24, 2.45) is 7.05 Å². The molecule has 4 heteroatoms. The third kappa shape index (κ3) is 1.29. The Balaban J connectivity index is 2.14. The van der Waals surface area contributed by atoms with E-state index >= 15 is 0 Å². The van der Waals surface area contributed by atoms with Gasteiger partial charge in [-0.15, -0.1) is 0 Å². The fourth-order valence-corrected chi connectivity index (χ4v) is 1.04. The number of aryl methyl sites for hydroxylation is 1. The van der Waals surface area contributed by atoms with E-state index in [1.54, 1.807) is 4.68 Å². The van der Waals surface area contributed by atoms with Crippen molar-refractivity contribution in [3.63, 3.8) is 0 Å². The van der Waals surface area contributed by atoms with Gasteiger partial charge in [-0.05, 0) is 12.8 Å². The molecule has 0 radical (unpaired) electrons. The quantitative estimate of drug-likeness (QED) is 0.651. The van der Waals surface area contributed by atoms with Crippen molar-refractivity contribution in [1.29, 1.82) is 0 Å². The van der Waals surface area contributed by atoms with Crippen LogP contribution in [0.15, 0.2) is 6.20 Å². The second kappa shape index (κ2) is 2.15. The van der Waals surface area contributed by atoms with Gasteiger partial charge in [0.2, 0.25) is 0 Å². The van der Waals surface area contributed by atoms with Crippen LogP contribution in [-0.4, -0.2) is 15.8 Å². The summed E-state index contributed by atoms with van der Waals surface area (Å²) in [5.74, 6) is 0.829. The molecule has 0 aliphatic heterocycles. The number of nitrogen functional groups attached to an aromatic ring is 1. The van der Waals surface area contributed by atoms with E-state index in [-0.39, 0.29) is 0 Å². The first-order valence-corrected chi connectivity index (χ1v) is 3.81. The lowest BCUT2D eigenvalue weighted by molar-refractivity contribution is 0.768. The van der Waals surface area contributed by atoms with E-state index in [4.69, 9.17) is 5.73 Å². The van der Waals surface area contributed by atoms with E-state index in [2.05, 4.69) is 10.4 Å². The maximum atomic E-state index is 5.67. The van der Waals surface area contributed by atoms with Gasteiger partial charge in [0, 0.05) is 19.3 Å². The van der Waals surface area contributed by atoms with Gasteiger partial charge >= 0.3 is 0 Å². The number of nitrogens with one attached hydrogen (secondary N) is 1. The summed E-state index contributed by atoms with van der Waals surface area (Å²) in [6.07, 6.45) is 4.30. The number of anilines is 2. The molecule has 0 saturated heterocycles. The standard InChI is InChI=1S/C7H12N4/c1-11-4-6(8)7(10-11)9-5-2-3-5/h4-5H,2-3,8H2,1H3,(H,9,10). The summed E-state index contributed by atoms with van der Waals surface area (Å²) < 4.78 is 1.72. The van der Waals surface area contributed by atoms with Gasteiger partial charge in [-0.3, -0.25) is 4.68 Å². The van der Waals surface area contributed by atoms with Crippen LogP contribution < -0.4 is 11.1 Å². The Labute approximate surface area is 65.4 Å². The Bertz CT molecular complexity index is 261. The van der Waals surface area contributed by atoms with Crippen LogP contribution in [-0.2, 0) is 7.05 Å². The average molecular weight is 152 g/mol. The highest BCUT2D eigenvalue weighted by atomic mass is 15.3. The minimum atomic E-state index is 0.618. The van der Waals surface area contributed by atoms with E-state index in [0.717, 1.165) is 11.5 Å². The van der Waals surface area contributed by atoms with Crippen LogP contribution in [0.5, 0.6) is 0 Å². The van der Waals surface area contributed by atoms with Gasteiger partial charge in [0.05, 0.1) is 5.69 Å². The molecule has 0 bridgehead atoms. The molecule has 0 atom stereocenters. The highest BCUT2D eigenvalue weighted by Gasteiger charge is 2.22. The van der Waals surface area contributed by atoms with Crippen LogP contribution in [0.3, 0.4) is 0 Å². The molecule has 0 spiro atoms. The Hall–Kier alpha value is -1.19. The van der Waals surface area contributed by atoms with Gasteiger partial charge in [-0.2, -0.15) is 5.10 Å². The molecule has 11 heavy (non-hydrogen) atoms. The predicted molar refractivity (Wildman–Crippen MR) is 44.3 cm³/mol. The third-order valence-electron chi connectivity index (χ3n) is 1.78. The molecule has 3 N–H and O–H groups in total. The monoisotopic (exact) mass is 152 g/mol. The van der Waals surface area contributed by atoms with Gasteiger partial charge in [0.1, 0.15) is 0 Å². The summed E-state index contributed by atoms with van der Waals surface area (Å²) >= 11 is 0. The molecule has 0 unspecified atom stereocenters. The van der Waals surface area contributed by atoms with Crippen molar-refractivity contribution in [2.45, 2.75) is 18.9 Å². The summed E-state index contributed by atoms with van der Waals surface area (Å²) in [5.41, 5.74) is 6.41. The molecule has 0 amide bonds. The van der Waals surface area contributed by atoms with Crippen molar-refractivity contribution in [3.8, 4) is 0 Å².